The first-order valence-electron chi connectivity index (χ1n) is 9.32. The van der Waals surface area contributed by atoms with Crippen molar-refractivity contribution in [3.8, 4) is 12.1 Å². The average molecular weight is 518 g/mol. The number of aromatic nitrogens is 2. The smallest absolute Gasteiger partial charge is 0.257 e. The first kappa shape index (κ1) is 23.3. The highest BCUT2D eigenvalue weighted by Crippen LogP contribution is 2.22. The molecule has 0 saturated heterocycles. The van der Waals surface area contributed by atoms with Crippen molar-refractivity contribution in [2.75, 3.05) is 0 Å². The fourth-order valence-electron chi connectivity index (χ4n) is 2.91. The molecule has 32 heavy (non-hydrogen) atoms. The minimum absolute atomic E-state index is 0.0634. The van der Waals surface area contributed by atoms with Crippen molar-refractivity contribution in [2.24, 2.45) is 0 Å². The number of hydrogen-bond donors (Lipinski definition) is 2. The highest BCUT2D eigenvalue weighted by atomic mass is 79.9. The maximum Gasteiger partial charge on any atom is 0.257 e. The lowest BCUT2D eigenvalue weighted by Gasteiger charge is -2.13. The van der Waals surface area contributed by atoms with Crippen LogP contribution in [0.3, 0.4) is 0 Å². The second kappa shape index (κ2) is 9.02. The predicted octanol–water partition coefficient (Wildman–Crippen LogP) is 2.50. The summed E-state index contributed by atoms with van der Waals surface area (Å²) in [5, 5.41) is 15.3. The second-order valence-electron chi connectivity index (χ2n) is 7.06. The maximum atomic E-state index is 12.8. The Bertz CT molecular complexity index is 1400. The van der Waals surface area contributed by atoms with E-state index in [1.54, 1.807) is 48.9 Å². The lowest BCUT2D eigenvalue weighted by molar-refractivity contribution is 0.0949. The zero-order valence-corrected chi connectivity index (χ0v) is 20.0. The quantitative estimate of drug-likeness (QED) is 0.293. The molecule has 11 heteroatoms. The maximum absolute atomic E-state index is 12.8. The topological polar surface area (TPSA) is 130 Å². The zero-order valence-electron chi connectivity index (χ0n) is 17.6. The van der Waals surface area contributed by atoms with E-state index in [-0.39, 0.29) is 16.6 Å². The summed E-state index contributed by atoms with van der Waals surface area (Å²) in [4.78, 5) is 25.8. The van der Waals surface area contributed by atoms with Gasteiger partial charge >= 0.3 is 0 Å². The van der Waals surface area contributed by atoms with Crippen molar-refractivity contribution in [3.63, 3.8) is 0 Å². The first-order valence-corrected chi connectivity index (χ1v) is 11.8. The number of halogens is 1. The SMILES string of the molecule is C=S(=O)(NC#N)c1ccc(CNC(=O)c2cn(-c3onc(C)c3C)c(C)c(Br)c2=O)cc1. The molecular formula is C21H20BrN5O4S. The molecule has 9 nitrogen and oxygen atoms in total. The van der Waals surface area contributed by atoms with Crippen molar-refractivity contribution in [1.82, 2.24) is 19.8 Å². The molecule has 2 aromatic heterocycles. The Kier molecular flexibility index (Phi) is 6.57. The summed E-state index contributed by atoms with van der Waals surface area (Å²) in [6.07, 6.45) is 3.05. The lowest BCUT2D eigenvalue weighted by Crippen LogP contribution is -2.30. The summed E-state index contributed by atoms with van der Waals surface area (Å²) in [5.74, 6) is 3.37. The van der Waals surface area contributed by atoms with Gasteiger partial charge in [0.05, 0.1) is 24.8 Å². The Labute approximate surface area is 193 Å². The Morgan fingerprint density at radius 1 is 1.31 bits per heavy atom. The van der Waals surface area contributed by atoms with Crippen LogP contribution >= 0.6 is 15.9 Å². The van der Waals surface area contributed by atoms with E-state index in [2.05, 4.69) is 37.0 Å². The van der Waals surface area contributed by atoms with Crippen molar-refractivity contribution in [2.45, 2.75) is 32.2 Å². The van der Waals surface area contributed by atoms with Crippen LogP contribution in [0, 0.1) is 32.2 Å². The van der Waals surface area contributed by atoms with E-state index in [0.29, 0.717) is 27.7 Å². The molecule has 0 aliphatic heterocycles. The molecule has 0 spiro atoms. The van der Waals surface area contributed by atoms with Crippen LogP contribution < -0.4 is 15.5 Å². The number of rotatable bonds is 6. The molecule has 0 fully saturated rings. The van der Waals surface area contributed by atoms with Crippen molar-refractivity contribution in [1.29, 1.82) is 5.26 Å². The number of carbonyl (C=O) groups is 1. The Morgan fingerprint density at radius 3 is 2.53 bits per heavy atom. The van der Waals surface area contributed by atoms with E-state index >= 15 is 0 Å². The highest BCUT2D eigenvalue weighted by Gasteiger charge is 2.20. The highest BCUT2D eigenvalue weighted by molar-refractivity contribution is 9.10. The fraction of sp³-hybridized carbons (Fsp3) is 0.190. The molecule has 1 unspecified atom stereocenters. The van der Waals surface area contributed by atoms with Crippen molar-refractivity contribution in [3.05, 3.63) is 73.2 Å². The normalized spacial score (nSPS) is 12.6. The molecule has 0 saturated carbocycles. The third-order valence-electron chi connectivity index (χ3n) is 4.94. The molecule has 2 N–H and O–H groups in total. The summed E-state index contributed by atoms with van der Waals surface area (Å²) in [6.45, 7) is 5.51. The van der Waals surface area contributed by atoms with Gasteiger partial charge in [0.2, 0.25) is 11.3 Å². The number of hydrogen-bond acceptors (Lipinski definition) is 6. The van der Waals surface area contributed by atoms with Crippen molar-refractivity contribution >= 4 is 37.4 Å². The number of nitriles is 1. The minimum Gasteiger partial charge on any atom is -0.348 e. The van der Waals surface area contributed by atoms with Crippen LogP contribution in [-0.4, -0.2) is 25.7 Å². The molecular weight excluding hydrogens is 498 g/mol. The average Bonchev–Trinajstić information content (AvgIpc) is 3.09. The van der Waals surface area contributed by atoms with Gasteiger partial charge < -0.3 is 9.84 Å². The zero-order chi connectivity index (χ0) is 23.6. The molecule has 2 heterocycles. The van der Waals surface area contributed by atoms with Crippen LogP contribution in [0.4, 0.5) is 0 Å². The van der Waals surface area contributed by atoms with Gasteiger partial charge in [0, 0.05) is 24.0 Å². The van der Waals surface area contributed by atoms with E-state index in [4.69, 9.17) is 9.78 Å². The third kappa shape index (κ3) is 4.46. The van der Waals surface area contributed by atoms with E-state index in [1.807, 2.05) is 6.92 Å². The van der Waals surface area contributed by atoms with Crippen molar-refractivity contribution < 1.29 is 13.5 Å². The number of nitrogens with one attached hydrogen (secondary N) is 2. The van der Waals surface area contributed by atoms with Gasteiger partial charge in [-0.25, -0.2) is 8.93 Å². The Balaban J connectivity index is 1.85. The van der Waals surface area contributed by atoms with Gasteiger partial charge in [-0.1, -0.05) is 17.3 Å². The summed E-state index contributed by atoms with van der Waals surface area (Å²) >= 11 is 3.28. The van der Waals surface area contributed by atoms with E-state index in [9.17, 15) is 13.8 Å². The fourth-order valence-corrected chi connectivity index (χ4v) is 4.16. The summed E-state index contributed by atoms with van der Waals surface area (Å²) < 4.78 is 21.7. The van der Waals surface area contributed by atoms with Gasteiger partial charge in [0.25, 0.3) is 5.91 Å². The molecule has 0 radical (unpaired) electrons. The van der Waals surface area contributed by atoms with Crippen LogP contribution in [0.5, 0.6) is 0 Å². The molecule has 3 aromatic rings. The number of pyridine rings is 1. The molecule has 3 rings (SSSR count). The van der Waals surface area contributed by atoms with Gasteiger partial charge in [-0.2, -0.15) is 5.26 Å². The minimum atomic E-state index is -2.91. The number of amides is 1. The summed E-state index contributed by atoms with van der Waals surface area (Å²) in [7, 11) is -2.91. The molecule has 166 valence electrons. The molecule has 0 aliphatic carbocycles. The molecule has 1 atom stereocenters. The number of carbonyl (C=O) groups excluding carboxylic acids is 1. The van der Waals surface area contributed by atoms with Crippen LogP contribution in [0.1, 0.15) is 32.9 Å². The third-order valence-corrected chi connectivity index (χ3v) is 7.33. The number of benzene rings is 1. The molecule has 0 bridgehead atoms. The molecule has 1 amide bonds. The standard InChI is InChI=1S/C21H20BrN5O4S/c1-12-13(2)26-31-21(12)27-10-17(19(28)18(22)14(27)3)20(29)24-9-15-5-7-16(8-6-15)32(4,30)25-11-23/h5-8,10H,4,9H2,1-3H3,(H,24,29)(H,25,30). The number of aryl methyl sites for hydroxylation is 1. The van der Waals surface area contributed by atoms with Gasteiger partial charge in [-0.05, 0) is 60.3 Å². The summed E-state index contributed by atoms with van der Waals surface area (Å²) in [6, 6.07) is 6.43. The Morgan fingerprint density at radius 2 is 1.97 bits per heavy atom. The van der Waals surface area contributed by atoms with E-state index < -0.39 is 21.0 Å². The summed E-state index contributed by atoms with van der Waals surface area (Å²) in [5.41, 5.74) is 2.28. The van der Waals surface area contributed by atoms with Gasteiger partial charge in [0.15, 0.2) is 6.19 Å². The van der Waals surface area contributed by atoms with Crippen LogP contribution in [0.25, 0.3) is 5.88 Å². The second-order valence-corrected chi connectivity index (χ2v) is 9.87. The first-order chi connectivity index (χ1) is 15.1. The predicted molar refractivity (Wildman–Crippen MR) is 124 cm³/mol. The van der Waals surface area contributed by atoms with E-state index in [1.165, 1.54) is 6.20 Å². The van der Waals surface area contributed by atoms with Crippen LogP contribution in [-0.2, 0) is 16.3 Å². The molecule has 0 aliphatic rings. The Hall–Kier alpha value is -3.36. The van der Waals surface area contributed by atoms with Crippen LogP contribution in [0.15, 0.2) is 49.1 Å². The van der Waals surface area contributed by atoms with Gasteiger partial charge in [-0.15, -0.1) is 0 Å². The molecule has 1 aromatic carbocycles. The number of nitrogens with zero attached hydrogens (tertiary/aromatic N) is 3. The monoisotopic (exact) mass is 517 g/mol. The lowest BCUT2D eigenvalue weighted by atomic mass is 10.2. The van der Waals surface area contributed by atoms with Crippen LogP contribution in [0.2, 0.25) is 0 Å². The largest absolute Gasteiger partial charge is 0.348 e. The van der Waals surface area contributed by atoms with E-state index in [0.717, 1.165) is 5.56 Å². The van der Waals surface area contributed by atoms with Gasteiger partial charge in [-0.3, -0.25) is 14.2 Å². The van der Waals surface area contributed by atoms with Gasteiger partial charge in [0.1, 0.15) is 5.56 Å².